The highest BCUT2D eigenvalue weighted by atomic mass is 16.4. The lowest BCUT2D eigenvalue weighted by Crippen LogP contribution is -2.21. The molecule has 0 aromatic heterocycles. The number of rotatable bonds is 5. The molecule has 0 aliphatic carbocycles. The number of carboxylic acids is 1. The van der Waals surface area contributed by atoms with Gasteiger partial charge in [-0.25, -0.2) is 10.2 Å². The molecule has 0 aliphatic heterocycles. The van der Waals surface area contributed by atoms with Crippen LogP contribution in [-0.4, -0.2) is 11.1 Å². The Morgan fingerprint density at radius 3 is 2.53 bits per heavy atom. The van der Waals surface area contributed by atoms with Gasteiger partial charge < -0.3 is 10.5 Å². The number of hydrazine groups is 1. The van der Waals surface area contributed by atoms with Crippen LogP contribution in [0, 0.1) is 6.92 Å². The van der Waals surface area contributed by atoms with Crippen molar-refractivity contribution < 1.29 is 9.90 Å². The molecule has 0 radical (unpaired) electrons. The predicted octanol–water partition coefficient (Wildman–Crippen LogP) is 2.81. The van der Waals surface area contributed by atoms with Gasteiger partial charge in [-0.05, 0) is 42.3 Å². The lowest BCUT2D eigenvalue weighted by Gasteiger charge is -2.10. The first-order valence-corrected chi connectivity index (χ1v) is 6.03. The minimum Gasteiger partial charge on any atom is -0.478 e. The lowest BCUT2D eigenvalue weighted by atomic mass is 10.1. The van der Waals surface area contributed by atoms with Crippen molar-refractivity contribution >= 4 is 11.7 Å². The van der Waals surface area contributed by atoms with Crippen molar-refractivity contribution in [3.8, 4) is 0 Å². The van der Waals surface area contributed by atoms with Gasteiger partial charge in [0.1, 0.15) is 0 Å². The molecule has 4 heteroatoms. The lowest BCUT2D eigenvalue weighted by molar-refractivity contribution is 0.0697. The maximum Gasteiger partial charge on any atom is 0.335 e. The third-order valence-electron chi connectivity index (χ3n) is 2.87. The van der Waals surface area contributed by atoms with E-state index in [0.717, 1.165) is 16.8 Å². The van der Waals surface area contributed by atoms with E-state index in [0.29, 0.717) is 12.1 Å². The van der Waals surface area contributed by atoms with Gasteiger partial charge in [-0.3, -0.25) is 0 Å². The Bertz CT molecular complexity index is 568. The van der Waals surface area contributed by atoms with Crippen LogP contribution >= 0.6 is 0 Å². The Hall–Kier alpha value is -2.33. The van der Waals surface area contributed by atoms with E-state index in [4.69, 9.17) is 5.11 Å². The number of benzene rings is 2. The van der Waals surface area contributed by atoms with Crippen LogP contribution in [0.4, 0.5) is 5.69 Å². The molecule has 0 atom stereocenters. The van der Waals surface area contributed by atoms with E-state index in [9.17, 15) is 4.79 Å². The Balaban J connectivity index is 1.95. The normalized spacial score (nSPS) is 10.2. The number of para-hydroxylation sites is 1. The molecule has 0 amide bonds. The third kappa shape index (κ3) is 3.56. The fourth-order valence-corrected chi connectivity index (χ4v) is 1.79. The summed E-state index contributed by atoms with van der Waals surface area (Å²) >= 11 is 0. The van der Waals surface area contributed by atoms with E-state index in [2.05, 4.69) is 10.9 Å². The Kier molecular flexibility index (Phi) is 4.15. The fraction of sp³-hybridized carbons (Fsp3) is 0.133. The van der Waals surface area contributed by atoms with Gasteiger partial charge in [-0.15, -0.1) is 0 Å². The third-order valence-corrected chi connectivity index (χ3v) is 2.87. The number of aromatic carboxylic acids is 1. The van der Waals surface area contributed by atoms with Gasteiger partial charge in [0.2, 0.25) is 0 Å². The van der Waals surface area contributed by atoms with Crippen molar-refractivity contribution in [2.45, 2.75) is 13.5 Å². The summed E-state index contributed by atoms with van der Waals surface area (Å²) in [5.74, 6) is -0.898. The Morgan fingerprint density at radius 2 is 1.89 bits per heavy atom. The minimum atomic E-state index is -0.898. The van der Waals surface area contributed by atoms with Crippen molar-refractivity contribution in [2.75, 3.05) is 5.43 Å². The van der Waals surface area contributed by atoms with E-state index in [1.165, 1.54) is 0 Å². The zero-order valence-electron chi connectivity index (χ0n) is 10.7. The molecule has 0 spiro atoms. The number of carbonyl (C=O) groups is 1. The molecular weight excluding hydrogens is 240 g/mol. The van der Waals surface area contributed by atoms with E-state index in [-0.39, 0.29) is 0 Å². The van der Waals surface area contributed by atoms with Gasteiger partial charge in [-0.1, -0.05) is 24.3 Å². The highest BCUT2D eigenvalue weighted by Crippen LogP contribution is 2.11. The van der Waals surface area contributed by atoms with Crippen LogP contribution in [0.5, 0.6) is 0 Å². The minimum absolute atomic E-state index is 0.317. The van der Waals surface area contributed by atoms with Gasteiger partial charge in [0.15, 0.2) is 0 Å². The average molecular weight is 256 g/mol. The molecule has 0 bridgehead atoms. The first kappa shape index (κ1) is 13.1. The largest absolute Gasteiger partial charge is 0.478 e. The maximum atomic E-state index is 10.8. The zero-order chi connectivity index (χ0) is 13.7. The fourth-order valence-electron chi connectivity index (χ4n) is 1.79. The summed E-state index contributed by atoms with van der Waals surface area (Å²) in [4.78, 5) is 10.8. The number of aryl methyl sites for hydroxylation is 1. The molecule has 0 heterocycles. The van der Waals surface area contributed by atoms with Gasteiger partial charge in [0, 0.05) is 12.2 Å². The second-order valence-corrected chi connectivity index (χ2v) is 4.29. The van der Waals surface area contributed by atoms with Crippen LogP contribution in [-0.2, 0) is 6.54 Å². The molecular formula is C15H16N2O2. The smallest absolute Gasteiger partial charge is 0.335 e. The van der Waals surface area contributed by atoms with Crippen LogP contribution in [0.3, 0.4) is 0 Å². The van der Waals surface area contributed by atoms with Crippen molar-refractivity contribution in [3.05, 3.63) is 65.2 Å². The topological polar surface area (TPSA) is 61.4 Å². The maximum absolute atomic E-state index is 10.8. The summed E-state index contributed by atoms with van der Waals surface area (Å²) in [6, 6.07) is 14.9. The van der Waals surface area contributed by atoms with Crippen LogP contribution in [0.2, 0.25) is 0 Å². The summed E-state index contributed by atoms with van der Waals surface area (Å²) in [6.07, 6.45) is 0. The number of hydrogen-bond donors (Lipinski definition) is 3. The summed E-state index contributed by atoms with van der Waals surface area (Å²) < 4.78 is 0. The van der Waals surface area contributed by atoms with E-state index >= 15 is 0 Å². The first-order valence-electron chi connectivity index (χ1n) is 6.03. The van der Waals surface area contributed by atoms with E-state index in [1.54, 1.807) is 12.1 Å². The molecule has 2 aromatic rings. The van der Waals surface area contributed by atoms with Crippen LogP contribution in [0.15, 0.2) is 48.5 Å². The number of nitrogens with one attached hydrogen (secondary N) is 2. The molecule has 2 rings (SSSR count). The highest BCUT2D eigenvalue weighted by Gasteiger charge is 2.05. The molecule has 19 heavy (non-hydrogen) atoms. The molecule has 0 fully saturated rings. The van der Waals surface area contributed by atoms with Gasteiger partial charge in [0.05, 0.1) is 5.56 Å². The zero-order valence-corrected chi connectivity index (χ0v) is 10.7. The molecule has 0 saturated heterocycles. The molecule has 0 unspecified atom stereocenters. The van der Waals surface area contributed by atoms with Gasteiger partial charge in [0.25, 0.3) is 0 Å². The second kappa shape index (κ2) is 6.02. The van der Waals surface area contributed by atoms with Crippen molar-refractivity contribution in [2.24, 2.45) is 0 Å². The molecule has 4 nitrogen and oxygen atoms in total. The Labute approximate surface area is 112 Å². The van der Waals surface area contributed by atoms with Crippen LogP contribution < -0.4 is 10.9 Å². The standard InChI is InChI=1S/C15H16N2O2/c1-11-9-12(15(18)19)7-8-13(11)10-16-17-14-5-3-2-4-6-14/h2-9,16-17H,10H2,1H3,(H,18,19). The summed E-state index contributed by atoms with van der Waals surface area (Å²) in [5, 5.41) is 8.90. The SMILES string of the molecule is Cc1cc(C(=O)O)ccc1CNNc1ccccc1. The summed E-state index contributed by atoms with van der Waals surface area (Å²) in [6.45, 7) is 2.53. The van der Waals surface area contributed by atoms with E-state index < -0.39 is 5.97 Å². The molecule has 0 saturated carbocycles. The number of carboxylic acid groups (broad SMARTS) is 1. The van der Waals surface area contributed by atoms with Crippen molar-refractivity contribution in [1.82, 2.24) is 5.43 Å². The van der Waals surface area contributed by atoms with Crippen molar-refractivity contribution in [1.29, 1.82) is 0 Å². The average Bonchev–Trinajstić information content (AvgIpc) is 2.41. The molecule has 3 N–H and O–H groups in total. The quantitative estimate of drug-likeness (QED) is 0.720. The van der Waals surface area contributed by atoms with Gasteiger partial charge in [-0.2, -0.15) is 0 Å². The number of anilines is 1. The summed E-state index contributed by atoms with van der Waals surface area (Å²) in [7, 11) is 0. The Morgan fingerprint density at radius 1 is 1.16 bits per heavy atom. The van der Waals surface area contributed by atoms with E-state index in [1.807, 2.05) is 43.3 Å². The second-order valence-electron chi connectivity index (χ2n) is 4.29. The first-order chi connectivity index (χ1) is 9.16. The molecule has 98 valence electrons. The number of hydrogen-bond acceptors (Lipinski definition) is 3. The highest BCUT2D eigenvalue weighted by molar-refractivity contribution is 5.87. The summed E-state index contributed by atoms with van der Waals surface area (Å²) in [5.41, 5.74) is 9.53. The van der Waals surface area contributed by atoms with Crippen LogP contribution in [0.25, 0.3) is 0 Å². The molecule has 0 aliphatic rings. The monoisotopic (exact) mass is 256 g/mol. The predicted molar refractivity (Wildman–Crippen MR) is 75.0 cm³/mol. The van der Waals surface area contributed by atoms with Crippen molar-refractivity contribution in [3.63, 3.8) is 0 Å². The van der Waals surface area contributed by atoms with Crippen LogP contribution in [0.1, 0.15) is 21.5 Å². The molecule has 2 aromatic carbocycles. The van der Waals surface area contributed by atoms with Gasteiger partial charge >= 0.3 is 5.97 Å².